The first-order valence-electron chi connectivity index (χ1n) is 7.53. The Kier molecular flexibility index (Phi) is 3.28. The van der Waals surface area contributed by atoms with E-state index in [-0.39, 0.29) is 17.6 Å². The van der Waals surface area contributed by atoms with Crippen LogP contribution >= 0.6 is 0 Å². The fourth-order valence-electron chi connectivity index (χ4n) is 2.40. The van der Waals surface area contributed by atoms with Crippen LogP contribution in [0.5, 0.6) is 5.75 Å². The number of ether oxygens (including phenoxy) is 1. The van der Waals surface area contributed by atoms with E-state index in [1.165, 1.54) is 6.07 Å². The third-order valence-electron chi connectivity index (χ3n) is 3.91. The maximum absolute atomic E-state index is 12.4. The molecule has 2 aliphatic rings. The fourth-order valence-corrected chi connectivity index (χ4v) is 2.40. The predicted octanol–water partition coefficient (Wildman–Crippen LogP) is 3.83. The number of hydrogen-bond donors (Lipinski definition) is 0. The van der Waals surface area contributed by atoms with Crippen LogP contribution in [0.1, 0.15) is 48.9 Å². The van der Waals surface area contributed by atoms with Gasteiger partial charge in [0.1, 0.15) is 11.4 Å². The van der Waals surface area contributed by atoms with Crippen LogP contribution in [0, 0.1) is 0 Å². The van der Waals surface area contributed by atoms with Crippen LogP contribution in [0.2, 0.25) is 0 Å². The van der Waals surface area contributed by atoms with Crippen molar-refractivity contribution < 1.29 is 22.4 Å². The molecule has 0 aliphatic heterocycles. The highest BCUT2D eigenvalue weighted by molar-refractivity contribution is 5.53. The Hall–Kier alpha value is -2.12. The third kappa shape index (κ3) is 3.30. The summed E-state index contributed by atoms with van der Waals surface area (Å²) in [5.74, 6) is 1.60. The van der Waals surface area contributed by atoms with E-state index >= 15 is 0 Å². The lowest BCUT2D eigenvalue weighted by atomic mass is 10.1. The molecule has 0 amide bonds. The minimum absolute atomic E-state index is 0.195. The molecule has 0 saturated heterocycles. The summed E-state index contributed by atoms with van der Waals surface area (Å²) < 4.78 is 47.4. The molecule has 8 heteroatoms. The lowest BCUT2D eigenvalue weighted by Crippen LogP contribution is -2.19. The first kappa shape index (κ1) is 14.5. The van der Waals surface area contributed by atoms with E-state index in [0.29, 0.717) is 23.0 Å². The zero-order chi connectivity index (χ0) is 16.0. The van der Waals surface area contributed by atoms with Gasteiger partial charge in [-0.15, -0.1) is 0 Å². The van der Waals surface area contributed by atoms with E-state index in [2.05, 4.69) is 15.1 Å². The molecule has 0 unspecified atom stereocenters. The first-order valence-corrected chi connectivity index (χ1v) is 7.53. The van der Waals surface area contributed by atoms with Crippen molar-refractivity contribution in [2.24, 2.45) is 0 Å². The summed E-state index contributed by atoms with van der Waals surface area (Å²) in [7, 11) is 0. The highest BCUT2D eigenvalue weighted by atomic mass is 19.4. The Morgan fingerprint density at radius 3 is 2.57 bits per heavy atom. The molecule has 2 saturated carbocycles. The predicted molar refractivity (Wildman–Crippen MR) is 73.0 cm³/mol. The molecule has 0 atom stereocenters. The summed E-state index contributed by atoms with van der Waals surface area (Å²) in [6.07, 6.45) is 1.12. The van der Waals surface area contributed by atoms with Crippen LogP contribution in [0.3, 0.4) is 0 Å². The van der Waals surface area contributed by atoms with Crippen molar-refractivity contribution in [1.82, 2.24) is 15.1 Å². The molecule has 0 aromatic carbocycles. The lowest BCUT2D eigenvalue weighted by molar-refractivity contribution is -0.153. The molecule has 2 aromatic rings. The average Bonchev–Trinajstić information content (AvgIpc) is 3.43. The number of alkyl halides is 3. The highest BCUT2D eigenvalue weighted by Crippen LogP contribution is 2.45. The van der Waals surface area contributed by atoms with Crippen molar-refractivity contribution in [3.63, 3.8) is 0 Å². The number of halogens is 3. The van der Waals surface area contributed by atoms with Crippen LogP contribution in [0.15, 0.2) is 16.8 Å². The highest BCUT2D eigenvalue weighted by Gasteiger charge is 2.33. The van der Waals surface area contributed by atoms with Crippen molar-refractivity contribution in [3.05, 3.63) is 23.7 Å². The number of nitrogens with zero attached hydrogens (tertiary/aromatic N) is 3. The summed E-state index contributed by atoms with van der Waals surface area (Å²) >= 11 is 0. The molecule has 0 bridgehead atoms. The van der Waals surface area contributed by atoms with Gasteiger partial charge in [0, 0.05) is 23.7 Å². The van der Waals surface area contributed by atoms with Crippen molar-refractivity contribution in [3.8, 4) is 17.3 Å². The molecule has 2 heterocycles. The van der Waals surface area contributed by atoms with Gasteiger partial charge in [0.2, 0.25) is 0 Å². The van der Waals surface area contributed by atoms with Crippen molar-refractivity contribution in [2.45, 2.75) is 43.7 Å². The van der Waals surface area contributed by atoms with Crippen LogP contribution in [0.4, 0.5) is 13.2 Å². The Balaban J connectivity index is 1.61. The maximum atomic E-state index is 12.4. The number of rotatable bonds is 5. The van der Waals surface area contributed by atoms with Gasteiger partial charge >= 0.3 is 6.18 Å². The zero-order valence-electron chi connectivity index (χ0n) is 12.1. The van der Waals surface area contributed by atoms with Crippen molar-refractivity contribution in [2.75, 3.05) is 6.61 Å². The third-order valence-corrected chi connectivity index (χ3v) is 3.91. The van der Waals surface area contributed by atoms with Gasteiger partial charge in [-0.05, 0) is 31.6 Å². The average molecular weight is 325 g/mol. The first-order chi connectivity index (χ1) is 11.0. The molecular formula is C15H14F3N3O2. The summed E-state index contributed by atoms with van der Waals surface area (Å²) in [5, 5.41) is 3.89. The molecule has 5 nitrogen and oxygen atoms in total. The quantitative estimate of drug-likeness (QED) is 0.836. The number of aromatic nitrogens is 3. The standard InChI is InChI=1S/C15H14F3N3O2/c16-15(17,18)7-22-12-5-11(19-6-10(12)8-1-2-8)14-20-13(21-23-14)9-3-4-9/h5-6,8-9H,1-4,7H2. The Labute approximate surface area is 129 Å². The Bertz CT molecular complexity index is 721. The molecule has 4 rings (SSSR count). The second-order valence-electron chi connectivity index (χ2n) is 6.02. The molecule has 0 radical (unpaired) electrons. The van der Waals surface area contributed by atoms with Gasteiger partial charge < -0.3 is 9.26 Å². The maximum Gasteiger partial charge on any atom is 0.422 e. The molecule has 122 valence electrons. The van der Waals surface area contributed by atoms with Crippen molar-refractivity contribution in [1.29, 1.82) is 0 Å². The molecule has 0 N–H and O–H groups in total. The molecule has 0 spiro atoms. The van der Waals surface area contributed by atoms with Gasteiger partial charge in [0.05, 0.1) is 0 Å². The van der Waals surface area contributed by atoms with E-state index in [0.717, 1.165) is 25.7 Å². The van der Waals surface area contributed by atoms with Gasteiger partial charge in [0.25, 0.3) is 5.89 Å². The van der Waals surface area contributed by atoms with Crippen LogP contribution in [-0.2, 0) is 0 Å². The lowest BCUT2D eigenvalue weighted by Gasteiger charge is -2.13. The fraction of sp³-hybridized carbons (Fsp3) is 0.533. The molecule has 23 heavy (non-hydrogen) atoms. The zero-order valence-corrected chi connectivity index (χ0v) is 12.1. The van der Waals surface area contributed by atoms with E-state index < -0.39 is 12.8 Å². The largest absolute Gasteiger partial charge is 0.484 e. The molecule has 2 aromatic heterocycles. The monoisotopic (exact) mass is 325 g/mol. The van der Waals surface area contributed by atoms with Gasteiger partial charge in [-0.1, -0.05) is 5.16 Å². The van der Waals surface area contributed by atoms with Gasteiger partial charge in [-0.2, -0.15) is 18.2 Å². The second kappa shape index (κ2) is 5.21. The summed E-state index contributed by atoms with van der Waals surface area (Å²) in [5.41, 5.74) is 1.05. The summed E-state index contributed by atoms with van der Waals surface area (Å²) in [6.45, 7) is -1.33. The van der Waals surface area contributed by atoms with Crippen molar-refractivity contribution >= 4 is 0 Å². The molecule has 2 fully saturated rings. The second-order valence-corrected chi connectivity index (χ2v) is 6.02. The van der Waals surface area contributed by atoms with E-state index in [1.54, 1.807) is 6.20 Å². The smallest absolute Gasteiger partial charge is 0.422 e. The SMILES string of the molecule is FC(F)(F)COc1cc(-c2nc(C3CC3)no2)ncc1C1CC1. The minimum atomic E-state index is -4.38. The Morgan fingerprint density at radius 2 is 1.91 bits per heavy atom. The van der Waals surface area contributed by atoms with Gasteiger partial charge in [-0.3, -0.25) is 4.98 Å². The molecule has 2 aliphatic carbocycles. The topological polar surface area (TPSA) is 61.0 Å². The van der Waals surface area contributed by atoms with Gasteiger partial charge in [-0.25, -0.2) is 0 Å². The number of hydrogen-bond acceptors (Lipinski definition) is 5. The molecular weight excluding hydrogens is 311 g/mol. The van der Waals surface area contributed by atoms with E-state index in [4.69, 9.17) is 9.26 Å². The Morgan fingerprint density at radius 1 is 1.17 bits per heavy atom. The summed E-state index contributed by atoms with van der Waals surface area (Å²) in [6, 6.07) is 1.46. The number of pyridine rings is 1. The normalized spacial score (nSPS) is 18.2. The van der Waals surface area contributed by atoms with Gasteiger partial charge in [0.15, 0.2) is 12.4 Å². The minimum Gasteiger partial charge on any atom is -0.484 e. The summed E-state index contributed by atoms with van der Waals surface area (Å²) in [4.78, 5) is 8.52. The van der Waals surface area contributed by atoms with E-state index in [1.807, 2.05) is 0 Å². The van der Waals surface area contributed by atoms with Crippen LogP contribution in [0.25, 0.3) is 11.6 Å². The van der Waals surface area contributed by atoms with Crippen LogP contribution < -0.4 is 4.74 Å². The van der Waals surface area contributed by atoms with Crippen LogP contribution in [-0.4, -0.2) is 27.9 Å². The van der Waals surface area contributed by atoms with E-state index in [9.17, 15) is 13.2 Å².